The van der Waals surface area contributed by atoms with Crippen molar-refractivity contribution in [3.63, 3.8) is 0 Å². The fourth-order valence-corrected chi connectivity index (χ4v) is 5.36. The lowest BCUT2D eigenvalue weighted by Crippen LogP contribution is -2.38. The summed E-state index contributed by atoms with van der Waals surface area (Å²) in [6, 6.07) is 1.67. The average Bonchev–Trinajstić information content (AvgIpc) is 3.66. The SMILES string of the molecule is O=C(CSc1nnc(N2CCOCC2)n1CC1CCCO1)c1c[nH]c(C(=O)N2CCCC2)c1. The molecule has 0 radical (unpaired) electrons. The molecule has 0 saturated carbocycles. The van der Waals surface area contributed by atoms with Crippen LogP contribution in [0.2, 0.25) is 0 Å². The van der Waals surface area contributed by atoms with Gasteiger partial charge in [0.1, 0.15) is 5.69 Å². The lowest BCUT2D eigenvalue weighted by molar-refractivity contribution is 0.0787. The molecule has 0 aromatic carbocycles. The van der Waals surface area contributed by atoms with Crippen LogP contribution in [0.5, 0.6) is 0 Å². The van der Waals surface area contributed by atoms with Gasteiger partial charge in [-0.15, -0.1) is 10.2 Å². The summed E-state index contributed by atoms with van der Waals surface area (Å²) in [5.74, 6) is 0.952. The van der Waals surface area contributed by atoms with E-state index >= 15 is 0 Å². The molecule has 1 amide bonds. The Kier molecular flexibility index (Phi) is 6.98. The summed E-state index contributed by atoms with van der Waals surface area (Å²) < 4.78 is 13.4. The van der Waals surface area contributed by atoms with E-state index in [4.69, 9.17) is 9.47 Å². The molecule has 178 valence electrons. The summed E-state index contributed by atoms with van der Waals surface area (Å²) in [6.07, 6.45) is 5.91. The summed E-state index contributed by atoms with van der Waals surface area (Å²) in [7, 11) is 0. The molecule has 1 atom stereocenters. The molecular weight excluding hydrogens is 444 g/mol. The molecule has 0 spiro atoms. The molecule has 1 unspecified atom stereocenters. The van der Waals surface area contributed by atoms with Crippen molar-refractivity contribution in [2.75, 3.05) is 56.7 Å². The maximum Gasteiger partial charge on any atom is 0.270 e. The molecule has 0 bridgehead atoms. The highest BCUT2D eigenvalue weighted by molar-refractivity contribution is 7.99. The summed E-state index contributed by atoms with van der Waals surface area (Å²) in [4.78, 5) is 32.4. The number of ketones is 1. The maximum atomic E-state index is 12.9. The minimum atomic E-state index is -0.0451. The van der Waals surface area contributed by atoms with E-state index in [1.807, 2.05) is 4.90 Å². The third kappa shape index (κ3) is 5.10. The first-order valence-electron chi connectivity index (χ1n) is 11.7. The number of carbonyl (C=O) groups excluding carboxylic acids is 2. The van der Waals surface area contributed by atoms with Crippen LogP contribution < -0.4 is 4.90 Å². The Morgan fingerprint density at radius 3 is 2.67 bits per heavy atom. The first-order valence-corrected chi connectivity index (χ1v) is 12.7. The topological polar surface area (TPSA) is 106 Å². The number of anilines is 1. The Labute approximate surface area is 197 Å². The predicted octanol–water partition coefficient (Wildman–Crippen LogP) is 1.83. The van der Waals surface area contributed by atoms with Gasteiger partial charge in [-0.05, 0) is 31.7 Å². The number of thioether (sulfide) groups is 1. The fourth-order valence-electron chi connectivity index (χ4n) is 4.52. The zero-order valence-corrected chi connectivity index (χ0v) is 19.5. The van der Waals surface area contributed by atoms with Crippen LogP contribution in [0.25, 0.3) is 0 Å². The van der Waals surface area contributed by atoms with Crippen molar-refractivity contribution in [2.24, 2.45) is 0 Å². The van der Waals surface area contributed by atoms with Gasteiger partial charge in [0.05, 0.1) is 31.6 Å². The Balaban J connectivity index is 1.26. The summed E-state index contributed by atoms with van der Waals surface area (Å²) in [6.45, 7) is 5.89. The number of H-pyrrole nitrogens is 1. The number of hydrogen-bond donors (Lipinski definition) is 1. The monoisotopic (exact) mass is 474 g/mol. The van der Waals surface area contributed by atoms with Crippen LogP contribution in [0.4, 0.5) is 5.95 Å². The zero-order chi connectivity index (χ0) is 22.6. The number of likely N-dealkylation sites (tertiary alicyclic amines) is 1. The lowest BCUT2D eigenvalue weighted by atomic mass is 10.2. The largest absolute Gasteiger partial charge is 0.378 e. The number of hydrogen-bond acceptors (Lipinski definition) is 8. The van der Waals surface area contributed by atoms with Crippen LogP contribution in [0.15, 0.2) is 17.4 Å². The highest BCUT2D eigenvalue weighted by Crippen LogP contribution is 2.26. The number of aromatic amines is 1. The van der Waals surface area contributed by atoms with Crippen molar-refractivity contribution in [3.05, 3.63) is 23.5 Å². The standard InChI is InChI=1S/C22H30N6O4S/c29-19(16-12-18(23-13-16)20(30)26-5-1-2-6-26)15-33-22-25-24-21(27-7-10-31-11-8-27)28(22)14-17-4-3-9-32-17/h12-13,17,23H,1-11,14-15H2. The van der Waals surface area contributed by atoms with Crippen molar-refractivity contribution >= 4 is 29.4 Å². The molecule has 3 aliphatic heterocycles. The molecule has 5 rings (SSSR count). The Morgan fingerprint density at radius 1 is 1.09 bits per heavy atom. The molecule has 3 fully saturated rings. The summed E-state index contributed by atoms with van der Waals surface area (Å²) in [5, 5.41) is 9.56. The minimum Gasteiger partial charge on any atom is -0.378 e. The van der Waals surface area contributed by atoms with E-state index in [2.05, 4.69) is 24.6 Å². The molecule has 10 nitrogen and oxygen atoms in total. The van der Waals surface area contributed by atoms with Crippen LogP contribution in [-0.4, -0.2) is 94.2 Å². The van der Waals surface area contributed by atoms with Crippen molar-refractivity contribution in [1.29, 1.82) is 0 Å². The number of morpholine rings is 1. The first kappa shape index (κ1) is 22.4. The van der Waals surface area contributed by atoms with E-state index in [0.717, 1.165) is 64.4 Å². The predicted molar refractivity (Wildman–Crippen MR) is 123 cm³/mol. The zero-order valence-electron chi connectivity index (χ0n) is 18.7. The highest BCUT2D eigenvalue weighted by Gasteiger charge is 2.26. The van der Waals surface area contributed by atoms with E-state index in [-0.39, 0.29) is 23.5 Å². The molecule has 2 aromatic rings. The van der Waals surface area contributed by atoms with Crippen LogP contribution >= 0.6 is 11.8 Å². The number of Topliss-reactive ketones (excluding diaryl/α,β-unsaturated/α-hetero) is 1. The van der Waals surface area contributed by atoms with Crippen molar-refractivity contribution in [3.8, 4) is 0 Å². The van der Waals surface area contributed by atoms with Crippen molar-refractivity contribution < 1.29 is 19.1 Å². The number of nitrogens with zero attached hydrogens (tertiary/aromatic N) is 5. The highest BCUT2D eigenvalue weighted by atomic mass is 32.2. The molecule has 1 N–H and O–H groups in total. The number of rotatable bonds is 8. The lowest BCUT2D eigenvalue weighted by Gasteiger charge is -2.28. The minimum absolute atomic E-state index is 0.0364. The van der Waals surface area contributed by atoms with Gasteiger partial charge in [0, 0.05) is 44.5 Å². The molecular formula is C22H30N6O4S. The third-order valence-electron chi connectivity index (χ3n) is 6.36. The molecule has 5 heterocycles. The summed E-state index contributed by atoms with van der Waals surface area (Å²) in [5.41, 5.74) is 0.991. The van der Waals surface area contributed by atoms with Crippen LogP contribution in [0.3, 0.4) is 0 Å². The van der Waals surface area contributed by atoms with Crippen molar-refractivity contribution in [1.82, 2.24) is 24.6 Å². The molecule has 3 saturated heterocycles. The molecule has 11 heteroatoms. The van der Waals surface area contributed by atoms with E-state index in [1.54, 1.807) is 12.3 Å². The molecule has 33 heavy (non-hydrogen) atoms. The molecule has 3 aliphatic rings. The number of nitrogens with one attached hydrogen (secondary N) is 1. The average molecular weight is 475 g/mol. The Morgan fingerprint density at radius 2 is 1.91 bits per heavy atom. The normalized spacial score (nSPS) is 21.2. The van der Waals surface area contributed by atoms with E-state index < -0.39 is 0 Å². The van der Waals surface area contributed by atoms with Gasteiger partial charge in [0.15, 0.2) is 10.9 Å². The maximum absolute atomic E-state index is 12.9. The molecule has 2 aromatic heterocycles. The van der Waals surface area contributed by atoms with E-state index in [9.17, 15) is 9.59 Å². The van der Waals surface area contributed by atoms with Gasteiger partial charge in [-0.1, -0.05) is 11.8 Å². The third-order valence-corrected chi connectivity index (χ3v) is 7.33. The van der Waals surface area contributed by atoms with Crippen LogP contribution in [0.1, 0.15) is 46.5 Å². The number of carbonyl (C=O) groups is 2. The second-order valence-electron chi connectivity index (χ2n) is 8.64. The van der Waals surface area contributed by atoms with Crippen molar-refractivity contribution in [2.45, 2.75) is 43.5 Å². The Hall–Kier alpha value is -2.37. The van der Waals surface area contributed by atoms with E-state index in [1.165, 1.54) is 11.8 Å². The first-order chi connectivity index (χ1) is 16.2. The molecule has 0 aliphatic carbocycles. The van der Waals surface area contributed by atoms with Crippen LogP contribution in [-0.2, 0) is 16.0 Å². The number of ether oxygens (including phenoxy) is 2. The number of amides is 1. The van der Waals surface area contributed by atoms with Gasteiger partial charge in [-0.3, -0.25) is 14.2 Å². The van der Waals surface area contributed by atoms with E-state index in [0.29, 0.717) is 36.2 Å². The van der Waals surface area contributed by atoms with Gasteiger partial charge in [-0.2, -0.15) is 0 Å². The fraction of sp³-hybridized carbons (Fsp3) is 0.636. The Bertz CT molecular complexity index is 973. The second-order valence-corrected chi connectivity index (χ2v) is 9.58. The summed E-state index contributed by atoms with van der Waals surface area (Å²) >= 11 is 1.38. The quantitative estimate of drug-likeness (QED) is 0.456. The number of aromatic nitrogens is 4. The van der Waals surface area contributed by atoms with Gasteiger partial charge in [0.25, 0.3) is 5.91 Å². The second kappa shape index (κ2) is 10.3. The smallest absolute Gasteiger partial charge is 0.270 e. The van der Waals surface area contributed by atoms with Crippen LogP contribution in [0, 0.1) is 0 Å². The van der Waals surface area contributed by atoms with Gasteiger partial charge in [0.2, 0.25) is 5.95 Å². The van der Waals surface area contributed by atoms with Gasteiger partial charge < -0.3 is 24.3 Å². The van der Waals surface area contributed by atoms with Gasteiger partial charge in [-0.25, -0.2) is 0 Å². The van der Waals surface area contributed by atoms with Gasteiger partial charge >= 0.3 is 0 Å².